The normalized spacial score (nSPS) is 28.0. The van der Waals surface area contributed by atoms with Gasteiger partial charge in [-0.3, -0.25) is 9.52 Å². The van der Waals surface area contributed by atoms with Crippen molar-refractivity contribution in [1.29, 1.82) is 0 Å². The maximum Gasteiger partial charge on any atom is 0.232 e. The summed E-state index contributed by atoms with van der Waals surface area (Å²) in [5, 5.41) is 14.8. The van der Waals surface area contributed by atoms with Crippen molar-refractivity contribution in [2.24, 2.45) is 11.3 Å². The van der Waals surface area contributed by atoms with Crippen LogP contribution in [0.4, 0.5) is 11.4 Å². The molecule has 4 fully saturated rings. The van der Waals surface area contributed by atoms with E-state index < -0.39 is 15.6 Å². The van der Waals surface area contributed by atoms with Crippen molar-refractivity contribution in [2.45, 2.75) is 102 Å². The molecule has 4 aliphatic carbocycles. The highest BCUT2D eigenvalue weighted by atomic mass is 32.2. The molecule has 0 atom stereocenters. The average Bonchev–Trinajstić information content (AvgIpc) is 3.48. The number of nitrogens with zero attached hydrogens (tertiary/aromatic N) is 3. The van der Waals surface area contributed by atoms with Crippen LogP contribution in [0, 0.1) is 11.3 Å². The molecule has 4 saturated carbocycles. The van der Waals surface area contributed by atoms with Crippen LogP contribution >= 0.6 is 0 Å². The van der Waals surface area contributed by atoms with Gasteiger partial charge in [-0.2, -0.15) is 4.98 Å². The van der Waals surface area contributed by atoms with Crippen molar-refractivity contribution in [2.75, 3.05) is 22.4 Å². The Labute approximate surface area is 266 Å². The van der Waals surface area contributed by atoms with Gasteiger partial charge >= 0.3 is 0 Å². The molecule has 0 spiro atoms. The van der Waals surface area contributed by atoms with E-state index in [0.717, 1.165) is 67.4 Å². The first-order chi connectivity index (χ1) is 21.0. The number of carbonyl (C=O) groups excluding carboxylic acids is 1. The van der Waals surface area contributed by atoms with Crippen molar-refractivity contribution < 1.29 is 22.8 Å². The van der Waals surface area contributed by atoms with E-state index in [9.17, 15) is 18.3 Å². The molecule has 1 heterocycles. The number of carbonyl (C=O) groups is 1. The first kappa shape index (κ1) is 31.7. The highest BCUT2D eigenvalue weighted by Gasteiger charge is 2.53. The molecule has 2 aromatic carbocycles. The van der Waals surface area contributed by atoms with Crippen LogP contribution in [0.1, 0.15) is 97.2 Å². The lowest BCUT2D eigenvalue weighted by atomic mass is 9.53. The van der Waals surface area contributed by atoms with Crippen molar-refractivity contribution in [3.63, 3.8) is 0 Å². The zero-order chi connectivity index (χ0) is 32.3. The molecule has 2 bridgehead atoms. The molecule has 7 rings (SSSR count). The number of hydrogen-bond donors (Lipinski definition) is 2. The Morgan fingerprint density at radius 2 is 1.67 bits per heavy atom. The molecule has 10 heteroatoms. The monoisotopic (exact) mass is 634 g/mol. The number of anilines is 2. The minimum atomic E-state index is -3.36. The van der Waals surface area contributed by atoms with Crippen LogP contribution < -0.4 is 9.62 Å². The summed E-state index contributed by atoms with van der Waals surface area (Å²) >= 11 is 0. The van der Waals surface area contributed by atoms with Gasteiger partial charge < -0.3 is 14.5 Å². The fourth-order valence-corrected chi connectivity index (χ4v) is 8.29. The van der Waals surface area contributed by atoms with E-state index in [1.165, 1.54) is 0 Å². The SMILES string of the molecule is CC1(O)CC(CC(=O)N(CC23CCC(c4noc(C(C)(C)C)n4)(CC2)CC3)c2cccc(-c3ccc(NS(C)(=O)=O)cc3)c2)C1. The molecular weight excluding hydrogens is 588 g/mol. The van der Waals surface area contributed by atoms with Gasteiger partial charge in [0.25, 0.3) is 0 Å². The Morgan fingerprint density at radius 1 is 1.02 bits per heavy atom. The van der Waals surface area contributed by atoms with Crippen molar-refractivity contribution in [3.05, 3.63) is 60.2 Å². The third kappa shape index (κ3) is 6.82. The molecular formula is C35H46N4O5S. The van der Waals surface area contributed by atoms with E-state index in [4.69, 9.17) is 9.51 Å². The van der Waals surface area contributed by atoms with Gasteiger partial charge in [0.1, 0.15) is 0 Å². The largest absolute Gasteiger partial charge is 0.390 e. The summed E-state index contributed by atoms with van der Waals surface area (Å²) < 4.78 is 31.5. The lowest BCUT2D eigenvalue weighted by Gasteiger charge is -2.53. The number of sulfonamides is 1. The molecule has 0 saturated heterocycles. The first-order valence-electron chi connectivity index (χ1n) is 16.1. The van der Waals surface area contributed by atoms with Crippen molar-refractivity contribution in [1.82, 2.24) is 10.1 Å². The van der Waals surface area contributed by atoms with E-state index in [2.05, 4.69) is 36.7 Å². The number of hydrogen-bond acceptors (Lipinski definition) is 7. The molecule has 45 heavy (non-hydrogen) atoms. The summed E-state index contributed by atoms with van der Waals surface area (Å²) in [5.41, 5.74) is 2.37. The van der Waals surface area contributed by atoms with E-state index in [1.54, 1.807) is 12.1 Å². The van der Waals surface area contributed by atoms with Crippen LogP contribution in [-0.2, 0) is 25.6 Å². The topological polar surface area (TPSA) is 126 Å². The zero-order valence-corrected chi connectivity index (χ0v) is 27.9. The van der Waals surface area contributed by atoms with Gasteiger partial charge in [0.15, 0.2) is 5.82 Å². The molecule has 9 nitrogen and oxygen atoms in total. The van der Waals surface area contributed by atoms with Crippen LogP contribution in [0.5, 0.6) is 0 Å². The van der Waals surface area contributed by atoms with Crippen molar-refractivity contribution in [3.8, 4) is 11.1 Å². The van der Waals surface area contributed by atoms with Crippen LogP contribution in [0.2, 0.25) is 0 Å². The van der Waals surface area contributed by atoms with E-state index in [-0.39, 0.29) is 28.1 Å². The van der Waals surface area contributed by atoms with Gasteiger partial charge in [-0.1, -0.05) is 50.2 Å². The first-order valence-corrected chi connectivity index (χ1v) is 18.0. The fraction of sp³-hybridized carbons (Fsp3) is 0.571. The summed E-state index contributed by atoms with van der Waals surface area (Å²) in [4.78, 5) is 20.9. The predicted molar refractivity (Wildman–Crippen MR) is 175 cm³/mol. The summed E-state index contributed by atoms with van der Waals surface area (Å²) in [7, 11) is -3.36. The van der Waals surface area contributed by atoms with Gasteiger partial charge in [0.05, 0.1) is 11.9 Å². The van der Waals surface area contributed by atoms with Gasteiger partial charge in [-0.05, 0) is 105 Å². The smallest absolute Gasteiger partial charge is 0.232 e. The van der Waals surface area contributed by atoms with E-state index >= 15 is 0 Å². The molecule has 3 aromatic rings. The standard InChI is InChI=1S/C35H46N4O5S/c1-32(2,3)31-36-30(37-44-31)35-16-13-34(14-17-35,15-18-35)23-39(29(40)19-24-21-33(4,41)22-24)28-8-6-7-26(20-28)25-9-11-27(12-10-25)38-45(5,42)43/h6-12,20,24,38,41H,13-19,21-23H2,1-5H3. The number of benzene rings is 2. The molecule has 4 aliphatic rings. The lowest BCUT2D eigenvalue weighted by molar-refractivity contribution is -0.124. The zero-order valence-electron chi connectivity index (χ0n) is 27.1. The Kier molecular flexibility index (Phi) is 7.92. The number of nitrogens with one attached hydrogen (secondary N) is 1. The second-order valence-corrected chi connectivity index (χ2v) is 17.2. The summed E-state index contributed by atoms with van der Waals surface area (Å²) in [6, 6.07) is 15.3. The van der Waals surface area contributed by atoms with Gasteiger partial charge in [0.2, 0.25) is 21.8 Å². The molecule has 0 radical (unpaired) electrons. The second-order valence-electron chi connectivity index (χ2n) is 15.4. The fourth-order valence-electron chi connectivity index (χ4n) is 7.72. The van der Waals surface area contributed by atoms with Crippen LogP contribution in [0.25, 0.3) is 11.1 Å². The maximum absolute atomic E-state index is 14.1. The van der Waals surface area contributed by atoms with Crippen LogP contribution in [0.3, 0.4) is 0 Å². The van der Waals surface area contributed by atoms with Gasteiger partial charge in [-0.15, -0.1) is 0 Å². The molecule has 0 unspecified atom stereocenters. The number of aliphatic hydroxyl groups is 1. The summed E-state index contributed by atoms with van der Waals surface area (Å²) in [5.74, 6) is 1.81. The minimum absolute atomic E-state index is 0.0219. The number of rotatable bonds is 9. The summed E-state index contributed by atoms with van der Waals surface area (Å²) in [6.45, 7) is 8.77. The molecule has 1 aromatic heterocycles. The average molecular weight is 635 g/mol. The Bertz CT molecular complexity index is 1640. The third-order valence-electron chi connectivity index (χ3n) is 10.3. The molecule has 242 valence electrons. The highest BCUT2D eigenvalue weighted by Crippen LogP contribution is 2.58. The van der Waals surface area contributed by atoms with Gasteiger partial charge in [-0.25, -0.2) is 8.42 Å². The molecule has 2 N–H and O–H groups in total. The third-order valence-corrected chi connectivity index (χ3v) is 10.9. The minimum Gasteiger partial charge on any atom is -0.390 e. The maximum atomic E-state index is 14.1. The molecule has 0 aliphatic heterocycles. The Balaban J connectivity index is 1.23. The lowest BCUT2D eigenvalue weighted by Crippen LogP contribution is -2.51. The van der Waals surface area contributed by atoms with E-state index in [1.807, 2.05) is 42.2 Å². The van der Waals surface area contributed by atoms with Crippen LogP contribution in [0.15, 0.2) is 53.1 Å². The quantitative estimate of drug-likeness (QED) is 0.272. The number of aromatic nitrogens is 2. The number of fused-ring (bicyclic) bond motifs is 3. The number of amides is 1. The van der Waals surface area contributed by atoms with Crippen molar-refractivity contribution >= 4 is 27.3 Å². The second kappa shape index (κ2) is 11.2. The predicted octanol–water partition coefficient (Wildman–Crippen LogP) is 6.58. The highest BCUT2D eigenvalue weighted by molar-refractivity contribution is 7.92. The van der Waals surface area contributed by atoms with Gasteiger partial charge in [0, 0.05) is 35.2 Å². The Morgan fingerprint density at radius 3 is 2.22 bits per heavy atom. The molecule has 1 amide bonds. The van der Waals surface area contributed by atoms with E-state index in [0.29, 0.717) is 37.4 Å². The van der Waals surface area contributed by atoms with Crippen LogP contribution in [-0.4, -0.2) is 48.0 Å². The Hall–Kier alpha value is -3.24. The summed E-state index contributed by atoms with van der Waals surface area (Å²) in [6.07, 6.45) is 8.81.